The largest absolute Gasteiger partial charge is 0.490 e. The molecule has 0 bridgehead atoms. The van der Waals surface area contributed by atoms with Crippen molar-refractivity contribution in [3.8, 4) is 0 Å². The topological polar surface area (TPSA) is 227 Å². The van der Waals surface area contributed by atoms with Crippen LogP contribution in [0.15, 0.2) is 11.0 Å². The number of aryl methyl sites for hydroxylation is 1. The second-order valence-corrected chi connectivity index (χ2v) is 11.2. The Labute approximate surface area is 177 Å². The molecule has 0 amide bonds. The van der Waals surface area contributed by atoms with Crippen molar-refractivity contribution in [2.75, 3.05) is 6.61 Å². The third kappa shape index (κ3) is 6.86. The molecule has 0 aromatic carbocycles. The van der Waals surface area contributed by atoms with Gasteiger partial charge in [-0.3, -0.25) is 14.1 Å². The molecule has 1 saturated heterocycles. The first-order chi connectivity index (χ1) is 13.5. The fourth-order valence-electron chi connectivity index (χ4n) is 2.31. The van der Waals surface area contributed by atoms with Crippen LogP contribution >= 0.6 is 47.3 Å². The molecule has 1 aliphatic rings. The number of aliphatic hydroxyl groups is 1. The van der Waals surface area contributed by atoms with Gasteiger partial charge in [-0.1, -0.05) is 12.2 Å². The maximum Gasteiger partial charge on any atom is 0.490 e. The van der Waals surface area contributed by atoms with Crippen LogP contribution in [0.5, 0.6) is 0 Å². The number of hydrogen-bond acceptors (Lipinski definition) is 10. The van der Waals surface area contributed by atoms with Crippen molar-refractivity contribution in [3.05, 3.63) is 26.9 Å². The summed E-state index contributed by atoms with van der Waals surface area (Å²) < 4.78 is 51.7. The van der Waals surface area contributed by atoms with Crippen molar-refractivity contribution in [3.63, 3.8) is 0 Å². The molecule has 15 nitrogen and oxygen atoms in total. The van der Waals surface area contributed by atoms with Crippen LogP contribution in [0.25, 0.3) is 0 Å². The Balaban J connectivity index is 2.09. The maximum absolute atomic E-state index is 12.1. The van der Waals surface area contributed by atoms with Crippen LogP contribution in [0.2, 0.25) is 0 Å². The van der Waals surface area contributed by atoms with E-state index < -0.39 is 59.6 Å². The van der Waals surface area contributed by atoms with E-state index in [-0.39, 0.29) is 4.64 Å². The first-order valence-electron chi connectivity index (χ1n) is 7.59. The number of phosphoric acid groups is 3. The highest BCUT2D eigenvalue weighted by Gasteiger charge is 2.46. The summed E-state index contributed by atoms with van der Waals surface area (Å²) in [5, 5.41) is 8.94. The summed E-state index contributed by atoms with van der Waals surface area (Å²) in [6, 6.07) is 0. The molecular formula is C10H16ClN2O13P3S. The van der Waals surface area contributed by atoms with Crippen LogP contribution in [-0.4, -0.2) is 58.4 Å². The van der Waals surface area contributed by atoms with Gasteiger partial charge in [0, 0.05) is 11.8 Å². The van der Waals surface area contributed by atoms with Crippen LogP contribution in [0.1, 0.15) is 11.8 Å². The molecule has 1 aromatic rings. The number of nitrogens with zero attached hydrogens (tertiary/aromatic N) is 1. The molecule has 20 heteroatoms. The number of halogens is 1. The third-order valence-electron chi connectivity index (χ3n) is 3.53. The van der Waals surface area contributed by atoms with E-state index in [4.69, 9.17) is 43.2 Å². The molecule has 2 heterocycles. The summed E-state index contributed by atoms with van der Waals surface area (Å²) in [5.41, 5.74) is -0.217. The maximum atomic E-state index is 12.1. The summed E-state index contributed by atoms with van der Waals surface area (Å²) in [5.74, 6) is 0. The van der Waals surface area contributed by atoms with Crippen LogP contribution in [0.3, 0.4) is 0 Å². The van der Waals surface area contributed by atoms with Crippen molar-refractivity contribution in [2.24, 2.45) is 0 Å². The minimum atomic E-state index is -5.69. The fourth-order valence-corrected chi connectivity index (χ4v) is 5.82. The average Bonchev–Trinajstić information content (AvgIpc) is 2.81. The Morgan fingerprint density at radius 1 is 1.23 bits per heavy atom. The molecule has 0 spiro atoms. The van der Waals surface area contributed by atoms with Crippen molar-refractivity contribution in [1.29, 1.82) is 0 Å². The molecule has 1 fully saturated rings. The number of aromatic nitrogens is 2. The predicted octanol–water partition coefficient (Wildman–Crippen LogP) is 0.423. The van der Waals surface area contributed by atoms with Crippen molar-refractivity contribution >= 4 is 47.3 Å². The SMILES string of the molecule is Cc1cn([C@H]2O[C@@H](COP(=O)(O)OP(=O)(O)OP(=O)(O)O)[C@@H](O)C2Cl)c(=O)[nH]c1=S. The molecular weight excluding hydrogens is 517 g/mol. The Morgan fingerprint density at radius 3 is 2.40 bits per heavy atom. The number of hydrogen-bond donors (Lipinski definition) is 6. The molecule has 1 aliphatic heterocycles. The number of aromatic amines is 1. The van der Waals surface area contributed by atoms with Gasteiger partial charge in [-0.15, -0.1) is 11.6 Å². The zero-order chi connectivity index (χ0) is 23.1. The molecule has 0 aliphatic carbocycles. The quantitative estimate of drug-likeness (QED) is 0.151. The Morgan fingerprint density at radius 2 is 1.83 bits per heavy atom. The molecule has 172 valence electrons. The molecule has 0 radical (unpaired) electrons. The molecule has 6 atom stereocenters. The van der Waals surface area contributed by atoms with E-state index >= 15 is 0 Å². The minimum Gasteiger partial charge on any atom is -0.389 e. The second-order valence-electron chi connectivity index (χ2n) is 5.87. The monoisotopic (exact) mass is 532 g/mol. The van der Waals surface area contributed by atoms with Gasteiger partial charge in [0.25, 0.3) is 0 Å². The Kier molecular flexibility index (Phi) is 8.05. The molecule has 2 rings (SSSR count). The lowest BCUT2D eigenvalue weighted by Gasteiger charge is -2.19. The highest BCUT2D eigenvalue weighted by Crippen LogP contribution is 2.66. The number of H-pyrrole nitrogens is 1. The van der Waals surface area contributed by atoms with Crippen LogP contribution in [0, 0.1) is 11.6 Å². The minimum absolute atomic E-state index is 0.171. The fraction of sp³-hybridized carbons (Fsp3) is 0.600. The summed E-state index contributed by atoms with van der Waals surface area (Å²) in [7, 11) is -16.6. The lowest BCUT2D eigenvalue weighted by molar-refractivity contribution is -0.0449. The number of phosphoric ester groups is 1. The standard InChI is InChI=1S/C10H16ClN2O13P3S/c1-4-2-13(10(15)12-8(4)30)9-6(11)7(14)5(24-9)3-23-28(19,20)26-29(21,22)25-27(16,17)18/h2,5-7,9,14H,3H2,1H3,(H,19,20)(H,21,22)(H,12,15,30)(H2,16,17,18)/t5-,6?,7+,9-/m0/s1. The zero-order valence-electron chi connectivity index (χ0n) is 14.7. The van der Waals surface area contributed by atoms with Gasteiger partial charge in [-0.25, -0.2) is 18.5 Å². The van der Waals surface area contributed by atoms with Crippen LogP contribution in [0.4, 0.5) is 0 Å². The highest BCUT2D eigenvalue weighted by molar-refractivity contribution is 7.71. The first-order valence-corrected chi connectivity index (χ1v) is 13.0. The summed E-state index contributed by atoms with van der Waals surface area (Å²) in [6.07, 6.45) is -2.86. The highest BCUT2D eigenvalue weighted by atomic mass is 35.5. The van der Waals surface area contributed by atoms with E-state index in [0.29, 0.717) is 5.56 Å². The van der Waals surface area contributed by atoms with Gasteiger partial charge in [-0.05, 0) is 6.92 Å². The Hall–Kier alpha value is -0.280. The van der Waals surface area contributed by atoms with Gasteiger partial charge in [0.05, 0.1) is 6.61 Å². The zero-order valence-corrected chi connectivity index (χ0v) is 18.9. The molecule has 0 saturated carbocycles. The summed E-state index contributed by atoms with van der Waals surface area (Å²) in [4.78, 5) is 49.9. The second kappa shape index (κ2) is 9.30. The smallest absolute Gasteiger partial charge is 0.389 e. The van der Waals surface area contributed by atoms with Crippen LogP contribution < -0.4 is 5.69 Å². The average molecular weight is 533 g/mol. The number of alkyl halides is 1. The van der Waals surface area contributed by atoms with E-state index in [1.165, 1.54) is 6.20 Å². The molecule has 3 unspecified atom stereocenters. The number of aliphatic hydroxyl groups excluding tert-OH is 1. The van der Waals surface area contributed by atoms with E-state index in [1.54, 1.807) is 6.92 Å². The number of rotatable bonds is 8. The lowest BCUT2D eigenvalue weighted by atomic mass is 10.2. The van der Waals surface area contributed by atoms with Gasteiger partial charge < -0.3 is 29.4 Å². The van der Waals surface area contributed by atoms with Gasteiger partial charge in [0.2, 0.25) is 0 Å². The van der Waals surface area contributed by atoms with Crippen molar-refractivity contribution in [2.45, 2.75) is 30.7 Å². The van der Waals surface area contributed by atoms with E-state index in [9.17, 15) is 28.5 Å². The predicted molar refractivity (Wildman–Crippen MR) is 100.0 cm³/mol. The summed E-state index contributed by atoms with van der Waals surface area (Å²) >= 11 is 11.0. The number of ether oxygens (including phenoxy) is 1. The Bertz CT molecular complexity index is 1050. The van der Waals surface area contributed by atoms with Crippen molar-refractivity contribution < 1.29 is 56.3 Å². The van der Waals surface area contributed by atoms with Gasteiger partial charge in [0.15, 0.2) is 6.23 Å². The van der Waals surface area contributed by atoms with Gasteiger partial charge in [0.1, 0.15) is 22.2 Å². The van der Waals surface area contributed by atoms with Crippen molar-refractivity contribution in [1.82, 2.24) is 9.55 Å². The van der Waals surface area contributed by atoms with Gasteiger partial charge in [-0.2, -0.15) is 8.62 Å². The third-order valence-corrected chi connectivity index (χ3v) is 8.23. The van der Waals surface area contributed by atoms with E-state index in [2.05, 4.69) is 18.1 Å². The molecule has 6 N–H and O–H groups in total. The van der Waals surface area contributed by atoms with E-state index in [1.807, 2.05) is 0 Å². The molecule has 30 heavy (non-hydrogen) atoms. The normalized spacial score (nSPS) is 28.8. The van der Waals surface area contributed by atoms with Gasteiger partial charge >= 0.3 is 29.2 Å². The van der Waals surface area contributed by atoms with E-state index in [0.717, 1.165) is 4.57 Å². The number of nitrogens with one attached hydrogen (secondary N) is 1. The first kappa shape index (κ1) is 26.0. The molecule has 1 aromatic heterocycles. The summed E-state index contributed by atoms with van der Waals surface area (Å²) in [6.45, 7) is 0.664. The van der Waals surface area contributed by atoms with Crippen LogP contribution in [-0.2, 0) is 31.6 Å². The lowest BCUT2D eigenvalue weighted by Crippen LogP contribution is -2.33.